The van der Waals surface area contributed by atoms with Crippen LogP contribution in [0.4, 0.5) is 10.5 Å². The number of methoxy groups -OCH3 is 2. The number of rotatable bonds is 15. The van der Waals surface area contributed by atoms with Gasteiger partial charge in [-0.2, -0.15) is 0 Å². The Labute approximate surface area is 267 Å². The lowest BCUT2D eigenvalue weighted by molar-refractivity contribution is -0.132. The summed E-state index contributed by atoms with van der Waals surface area (Å²) in [7, 11) is 5.00. The highest BCUT2D eigenvalue weighted by Crippen LogP contribution is 2.39. The van der Waals surface area contributed by atoms with E-state index in [-0.39, 0.29) is 18.5 Å². The van der Waals surface area contributed by atoms with E-state index in [1.54, 1.807) is 19.1 Å². The SMILES string of the molecule is COC(CN(C)C(O)CCOc1ccc(CCN2C[C@H]3CC(OC(=O)Nc4ccccc4-c4ccccc4)C[C@H]3C2)cc1)OC. The molecule has 1 heterocycles. The smallest absolute Gasteiger partial charge is 0.411 e. The van der Waals surface area contributed by atoms with Crippen LogP contribution in [0.3, 0.4) is 0 Å². The summed E-state index contributed by atoms with van der Waals surface area (Å²) in [6.07, 6.45) is 1.87. The topological polar surface area (TPSA) is 92.7 Å². The molecule has 9 heteroatoms. The van der Waals surface area contributed by atoms with Crippen molar-refractivity contribution in [1.82, 2.24) is 9.80 Å². The normalized spacial score (nSPS) is 20.4. The lowest BCUT2D eigenvalue weighted by Gasteiger charge is -2.26. The lowest BCUT2D eigenvalue weighted by atomic mass is 10.0. The maximum atomic E-state index is 12.8. The van der Waals surface area contributed by atoms with Gasteiger partial charge >= 0.3 is 6.09 Å². The van der Waals surface area contributed by atoms with Gasteiger partial charge in [0.25, 0.3) is 0 Å². The third-order valence-electron chi connectivity index (χ3n) is 9.06. The molecule has 2 N–H and O–H groups in total. The summed E-state index contributed by atoms with van der Waals surface area (Å²) < 4.78 is 22.1. The number of likely N-dealkylation sites (tertiary alicyclic amines) is 1. The molecule has 4 atom stereocenters. The minimum atomic E-state index is -0.640. The van der Waals surface area contributed by atoms with E-state index in [1.807, 2.05) is 73.8 Å². The summed E-state index contributed by atoms with van der Waals surface area (Å²) >= 11 is 0. The van der Waals surface area contributed by atoms with Crippen molar-refractivity contribution in [3.63, 3.8) is 0 Å². The molecule has 1 saturated heterocycles. The molecule has 2 unspecified atom stereocenters. The van der Waals surface area contributed by atoms with Crippen molar-refractivity contribution < 1.29 is 28.8 Å². The largest absolute Gasteiger partial charge is 0.493 e. The van der Waals surface area contributed by atoms with Gasteiger partial charge in [0.05, 0.1) is 18.8 Å². The van der Waals surface area contributed by atoms with Crippen LogP contribution in [0.25, 0.3) is 11.1 Å². The van der Waals surface area contributed by atoms with E-state index < -0.39 is 6.23 Å². The number of anilines is 1. The minimum absolute atomic E-state index is 0.0345. The fourth-order valence-corrected chi connectivity index (χ4v) is 6.52. The number of ether oxygens (including phenoxy) is 4. The first-order valence-corrected chi connectivity index (χ1v) is 15.9. The highest BCUT2D eigenvalue weighted by molar-refractivity contribution is 5.91. The van der Waals surface area contributed by atoms with E-state index in [1.165, 1.54) is 5.56 Å². The minimum Gasteiger partial charge on any atom is -0.493 e. The summed E-state index contributed by atoms with van der Waals surface area (Å²) in [6.45, 7) is 4.00. The molecule has 242 valence electrons. The van der Waals surface area contributed by atoms with Gasteiger partial charge in [-0.25, -0.2) is 4.79 Å². The van der Waals surface area contributed by atoms with Crippen molar-refractivity contribution in [1.29, 1.82) is 0 Å². The predicted octanol–water partition coefficient (Wildman–Crippen LogP) is 5.49. The molecular formula is C36H47N3O6. The summed E-state index contributed by atoms with van der Waals surface area (Å²) in [4.78, 5) is 17.1. The van der Waals surface area contributed by atoms with Crippen molar-refractivity contribution in [2.45, 2.75) is 44.3 Å². The van der Waals surface area contributed by atoms with Gasteiger partial charge in [0.2, 0.25) is 0 Å². The fourth-order valence-electron chi connectivity index (χ4n) is 6.52. The molecule has 2 fully saturated rings. The van der Waals surface area contributed by atoms with Crippen molar-refractivity contribution >= 4 is 11.8 Å². The van der Waals surface area contributed by atoms with Gasteiger partial charge < -0.3 is 29.0 Å². The molecule has 3 aromatic rings. The van der Waals surface area contributed by atoms with Gasteiger partial charge in [0.1, 0.15) is 18.1 Å². The number of amides is 1. The van der Waals surface area contributed by atoms with Gasteiger partial charge in [0.15, 0.2) is 6.29 Å². The predicted molar refractivity (Wildman–Crippen MR) is 175 cm³/mol. The average molecular weight is 618 g/mol. The Bertz CT molecular complexity index is 1320. The number of aliphatic hydroxyl groups is 1. The second kappa shape index (κ2) is 16.2. The molecule has 1 aliphatic carbocycles. The molecule has 0 radical (unpaired) electrons. The summed E-state index contributed by atoms with van der Waals surface area (Å²) in [6, 6.07) is 26.1. The van der Waals surface area contributed by atoms with Crippen LogP contribution in [0.2, 0.25) is 0 Å². The molecule has 5 rings (SSSR count). The number of para-hydroxylation sites is 1. The number of likely N-dealkylation sites (N-methyl/N-ethyl adjacent to an activating group) is 1. The number of nitrogens with zero attached hydrogens (tertiary/aromatic N) is 2. The molecule has 0 bridgehead atoms. The number of aliphatic hydroxyl groups excluding tert-OH is 1. The zero-order chi connectivity index (χ0) is 31.6. The van der Waals surface area contributed by atoms with E-state index in [0.717, 1.165) is 61.5 Å². The zero-order valence-electron chi connectivity index (χ0n) is 26.6. The standard InChI is InChI=1S/C36H47N3O6/c1-38(25-35(42-2)43-3)34(40)18-20-44-30-15-13-26(14-16-30)17-19-39-23-28-21-31(22-29(28)24-39)45-36(41)37-33-12-8-7-11-32(33)27-9-5-4-6-10-27/h4-16,28-29,31,34-35,40H,17-25H2,1-3H3,(H,37,41)/t28-,29+,31?,34?. The van der Waals surface area contributed by atoms with E-state index in [0.29, 0.717) is 31.4 Å². The van der Waals surface area contributed by atoms with Gasteiger partial charge in [-0.15, -0.1) is 0 Å². The van der Waals surface area contributed by atoms with Crippen LogP contribution < -0.4 is 10.1 Å². The first-order valence-electron chi connectivity index (χ1n) is 15.9. The van der Waals surface area contributed by atoms with Gasteiger partial charge in [-0.05, 0) is 67.5 Å². The van der Waals surface area contributed by atoms with Crippen LogP contribution >= 0.6 is 0 Å². The van der Waals surface area contributed by atoms with Gasteiger partial charge in [0, 0.05) is 45.8 Å². The second-order valence-corrected chi connectivity index (χ2v) is 12.2. The van der Waals surface area contributed by atoms with Crippen LogP contribution in [0, 0.1) is 11.8 Å². The fraction of sp³-hybridized carbons (Fsp3) is 0.472. The summed E-state index contributed by atoms with van der Waals surface area (Å²) in [5, 5.41) is 13.4. The molecule has 0 spiro atoms. The van der Waals surface area contributed by atoms with E-state index >= 15 is 0 Å². The van der Waals surface area contributed by atoms with Gasteiger partial charge in [-0.3, -0.25) is 10.2 Å². The maximum Gasteiger partial charge on any atom is 0.411 e. The quantitative estimate of drug-likeness (QED) is 0.216. The van der Waals surface area contributed by atoms with Crippen molar-refractivity contribution in [3.8, 4) is 16.9 Å². The number of benzene rings is 3. The van der Waals surface area contributed by atoms with Gasteiger partial charge in [-0.1, -0.05) is 60.7 Å². The van der Waals surface area contributed by atoms with E-state index in [9.17, 15) is 9.90 Å². The molecule has 1 aliphatic heterocycles. The molecule has 0 aromatic heterocycles. The number of hydrogen-bond donors (Lipinski definition) is 2. The second-order valence-electron chi connectivity index (χ2n) is 12.2. The summed E-state index contributed by atoms with van der Waals surface area (Å²) in [5.41, 5.74) is 4.08. The van der Waals surface area contributed by atoms with Crippen molar-refractivity contribution in [2.75, 3.05) is 59.4 Å². The van der Waals surface area contributed by atoms with Crippen LogP contribution in [0.1, 0.15) is 24.8 Å². The van der Waals surface area contributed by atoms with E-state index in [2.05, 4.69) is 22.3 Å². The van der Waals surface area contributed by atoms with Crippen LogP contribution in [0.5, 0.6) is 5.75 Å². The number of hydrogen-bond acceptors (Lipinski definition) is 8. The zero-order valence-corrected chi connectivity index (χ0v) is 26.6. The third-order valence-corrected chi connectivity index (χ3v) is 9.06. The Morgan fingerprint density at radius 2 is 1.62 bits per heavy atom. The number of carbonyl (C=O) groups is 1. The van der Waals surface area contributed by atoms with Crippen molar-refractivity contribution in [3.05, 3.63) is 84.4 Å². The molecule has 3 aromatic carbocycles. The Hall–Kier alpha value is -3.47. The molecular weight excluding hydrogens is 570 g/mol. The number of fused-ring (bicyclic) bond motifs is 1. The average Bonchev–Trinajstić information content (AvgIpc) is 3.61. The molecule has 1 amide bonds. The Morgan fingerprint density at radius 3 is 2.31 bits per heavy atom. The maximum absolute atomic E-state index is 12.8. The van der Waals surface area contributed by atoms with Crippen molar-refractivity contribution in [2.24, 2.45) is 11.8 Å². The molecule has 9 nitrogen and oxygen atoms in total. The molecule has 2 aliphatic rings. The Kier molecular flexibility index (Phi) is 11.8. The highest BCUT2D eigenvalue weighted by Gasteiger charge is 2.42. The third kappa shape index (κ3) is 9.28. The molecule has 1 saturated carbocycles. The van der Waals surface area contributed by atoms with Crippen LogP contribution in [-0.2, 0) is 20.6 Å². The summed E-state index contributed by atoms with van der Waals surface area (Å²) in [5.74, 6) is 1.94. The number of nitrogens with one attached hydrogen (secondary N) is 1. The lowest BCUT2D eigenvalue weighted by Crippen LogP contribution is -2.39. The first-order chi connectivity index (χ1) is 21.9. The monoisotopic (exact) mass is 617 g/mol. The first kappa shape index (κ1) is 32.9. The Morgan fingerprint density at radius 1 is 0.956 bits per heavy atom. The van der Waals surface area contributed by atoms with Crippen LogP contribution in [0.15, 0.2) is 78.9 Å². The highest BCUT2D eigenvalue weighted by atomic mass is 16.7. The Balaban J connectivity index is 0.990. The van der Waals surface area contributed by atoms with Crippen LogP contribution in [-0.4, -0.2) is 93.7 Å². The molecule has 45 heavy (non-hydrogen) atoms. The van der Waals surface area contributed by atoms with E-state index in [4.69, 9.17) is 18.9 Å². The number of carbonyl (C=O) groups excluding carboxylic acids is 1.